The molecular formula is C12H13N3O4S. The van der Waals surface area contributed by atoms with Crippen molar-refractivity contribution in [1.29, 1.82) is 0 Å². The molecule has 2 aromatic rings. The molecule has 0 saturated carbocycles. The summed E-state index contributed by atoms with van der Waals surface area (Å²) in [6.07, 6.45) is 0.375. The van der Waals surface area contributed by atoms with Crippen molar-refractivity contribution in [3.63, 3.8) is 0 Å². The zero-order chi connectivity index (χ0) is 14.5. The van der Waals surface area contributed by atoms with E-state index < -0.39 is 12.0 Å². The molecule has 1 unspecified atom stereocenters. The van der Waals surface area contributed by atoms with Crippen LogP contribution in [-0.4, -0.2) is 27.1 Å². The lowest BCUT2D eigenvalue weighted by atomic mass is 10.2. The molecule has 0 spiro atoms. The van der Waals surface area contributed by atoms with Crippen molar-refractivity contribution in [2.75, 3.05) is 0 Å². The van der Waals surface area contributed by atoms with Crippen LogP contribution in [0.15, 0.2) is 22.0 Å². The number of carbonyl (C=O) groups excluding carboxylic acids is 1. The maximum absolute atomic E-state index is 11.8. The van der Waals surface area contributed by atoms with E-state index in [0.29, 0.717) is 16.6 Å². The van der Waals surface area contributed by atoms with Crippen LogP contribution < -0.4 is 5.32 Å². The summed E-state index contributed by atoms with van der Waals surface area (Å²) in [4.78, 5) is 27.5. The third-order valence-corrected chi connectivity index (χ3v) is 3.45. The van der Waals surface area contributed by atoms with E-state index in [4.69, 9.17) is 9.63 Å². The molecule has 0 aliphatic carbocycles. The lowest BCUT2D eigenvalue weighted by molar-refractivity contribution is -0.141. The number of hydrogen-bond donors (Lipinski definition) is 2. The van der Waals surface area contributed by atoms with Gasteiger partial charge in [-0.25, -0.2) is 4.79 Å². The Kier molecular flexibility index (Phi) is 4.46. The van der Waals surface area contributed by atoms with E-state index in [1.807, 2.05) is 0 Å². The number of thiophene rings is 1. The number of aliphatic carboxylic acids is 1. The molecule has 1 amide bonds. The molecule has 0 aromatic carbocycles. The summed E-state index contributed by atoms with van der Waals surface area (Å²) in [6.45, 7) is 1.68. The van der Waals surface area contributed by atoms with Gasteiger partial charge < -0.3 is 14.9 Å². The van der Waals surface area contributed by atoms with Gasteiger partial charge in [0.2, 0.25) is 11.8 Å². The number of hydrogen-bond acceptors (Lipinski definition) is 6. The molecule has 0 fully saturated rings. The zero-order valence-electron chi connectivity index (χ0n) is 10.7. The lowest BCUT2D eigenvalue weighted by Gasteiger charge is -2.12. The minimum atomic E-state index is -1.09. The highest BCUT2D eigenvalue weighted by molar-refractivity contribution is 7.10. The average Bonchev–Trinajstić information content (AvgIpc) is 3.04. The Balaban J connectivity index is 1.90. The van der Waals surface area contributed by atoms with Crippen LogP contribution in [0.5, 0.6) is 0 Å². The molecule has 2 rings (SSSR count). The Morgan fingerprint density at radius 3 is 2.90 bits per heavy atom. The van der Waals surface area contributed by atoms with Crippen molar-refractivity contribution in [2.45, 2.75) is 25.8 Å². The number of nitrogens with zero attached hydrogens (tertiary/aromatic N) is 2. The Hall–Kier alpha value is -2.22. The molecule has 0 aliphatic rings. The minimum Gasteiger partial charge on any atom is -0.479 e. The molecule has 8 heteroatoms. The minimum absolute atomic E-state index is 0.0940. The quantitative estimate of drug-likeness (QED) is 0.832. The molecule has 2 heterocycles. The highest BCUT2D eigenvalue weighted by Gasteiger charge is 2.23. The van der Waals surface area contributed by atoms with E-state index in [1.54, 1.807) is 24.4 Å². The standard InChI is InChI=1S/C12H13N3O4S/c1-7-13-10(19-15-7)5-4-9(16)14-11(12(17)18)8-3-2-6-20-8/h2-3,6,11H,4-5H2,1H3,(H,14,16)(H,17,18). The fourth-order valence-corrected chi connectivity index (χ4v) is 2.37. The summed E-state index contributed by atoms with van der Waals surface area (Å²) in [5, 5.41) is 17.0. The third kappa shape index (κ3) is 3.64. The summed E-state index contributed by atoms with van der Waals surface area (Å²) in [6, 6.07) is 2.39. The van der Waals surface area contributed by atoms with Gasteiger partial charge in [-0.15, -0.1) is 11.3 Å². The largest absolute Gasteiger partial charge is 0.479 e. The number of carboxylic acid groups (broad SMARTS) is 1. The van der Waals surface area contributed by atoms with Gasteiger partial charge in [-0.05, 0) is 18.4 Å². The van der Waals surface area contributed by atoms with Crippen LogP contribution in [-0.2, 0) is 16.0 Å². The second-order valence-corrected chi connectivity index (χ2v) is 5.07. The highest BCUT2D eigenvalue weighted by atomic mass is 32.1. The summed E-state index contributed by atoms with van der Waals surface area (Å²) >= 11 is 1.28. The third-order valence-electron chi connectivity index (χ3n) is 2.52. The number of aryl methyl sites for hydroxylation is 2. The molecule has 2 aromatic heterocycles. The SMILES string of the molecule is Cc1noc(CCC(=O)NC(C(=O)O)c2cccs2)n1. The average molecular weight is 295 g/mol. The van der Waals surface area contributed by atoms with Crippen molar-refractivity contribution >= 4 is 23.2 Å². The smallest absolute Gasteiger partial charge is 0.331 e. The summed E-state index contributed by atoms with van der Waals surface area (Å²) in [5.41, 5.74) is 0. The van der Waals surface area contributed by atoms with Gasteiger partial charge >= 0.3 is 5.97 Å². The fourth-order valence-electron chi connectivity index (χ4n) is 1.61. The highest BCUT2D eigenvalue weighted by Crippen LogP contribution is 2.19. The lowest BCUT2D eigenvalue weighted by Crippen LogP contribution is -2.33. The van der Waals surface area contributed by atoms with Crippen molar-refractivity contribution in [3.8, 4) is 0 Å². The van der Waals surface area contributed by atoms with Gasteiger partial charge in [0.1, 0.15) is 0 Å². The first-order chi connectivity index (χ1) is 9.56. The van der Waals surface area contributed by atoms with E-state index in [2.05, 4.69) is 15.5 Å². The predicted molar refractivity (Wildman–Crippen MR) is 70.2 cm³/mol. The zero-order valence-corrected chi connectivity index (χ0v) is 11.5. The van der Waals surface area contributed by atoms with Gasteiger partial charge in [0.15, 0.2) is 11.9 Å². The van der Waals surface area contributed by atoms with Gasteiger partial charge in [-0.1, -0.05) is 11.2 Å². The van der Waals surface area contributed by atoms with Crippen LogP contribution in [0.25, 0.3) is 0 Å². The molecular weight excluding hydrogens is 282 g/mol. The van der Waals surface area contributed by atoms with E-state index in [9.17, 15) is 9.59 Å². The monoisotopic (exact) mass is 295 g/mol. The van der Waals surface area contributed by atoms with E-state index in [1.165, 1.54) is 11.3 Å². The molecule has 7 nitrogen and oxygen atoms in total. The first-order valence-electron chi connectivity index (χ1n) is 5.91. The second-order valence-electron chi connectivity index (χ2n) is 4.09. The molecule has 0 saturated heterocycles. The molecule has 1 atom stereocenters. The number of carbonyl (C=O) groups is 2. The van der Waals surface area contributed by atoms with Crippen molar-refractivity contribution in [1.82, 2.24) is 15.5 Å². The van der Waals surface area contributed by atoms with Crippen LogP contribution in [0.4, 0.5) is 0 Å². The Labute approximate surface area is 118 Å². The van der Waals surface area contributed by atoms with Crippen molar-refractivity contribution in [2.24, 2.45) is 0 Å². The number of nitrogens with one attached hydrogen (secondary N) is 1. The van der Waals surface area contributed by atoms with Crippen molar-refractivity contribution < 1.29 is 19.2 Å². The van der Waals surface area contributed by atoms with Gasteiger partial charge in [0.05, 0.1) is 0 Å². The summed E-state index contributed by atoms with van der Waals surface area (Å²) in [7, 11) is 0. The molecule has 0 bridgehead atoms. The maximum atomic E-state index is 11.8. The van der Waals surface area contributed by atoms with Gasteiger partial charge in [0, 0.05) is 17.7 Å². The Morgan fingerprint density at radius 1 is 1.55 bits per heavy atom. The molecule has 106 valence electrons. The van der Waals surface area contributed by atoms with Crippen LogP contribution in [0, 0.1) is 6.92 Å². The Morgan fingerprint density at radius 2 is 2.35 bits per heavy atom. The second kappa shape index (κ2) is 6.29. The van der Waals surface area contributed by atoms with E-state index in [0.717, 1.165) is 0 Å². The molecule has 2 N–H and O–H groups in total. The Bertz CT molecular complexity index is 594. The van der Waals surface area contributed by atoms with Crippen LogP contribution in [0.2, 0.25) is 0 Å². The first kappa shape index (κ1) is 14.2. The maximum Gasteiger partial charge on any atom is 0.331 e. The molecule has 0 radical (unpaired) electrons. The van der Waals surface area contributed by atoms with Gasteiger partial charge in [0.25, 0.3) is 0 Å². The fraction of sp³-hybridized carbons (Fsp3) is 0.333. The van der Waals surface area contributed by atoms with Crippen LogP contribution in [0.1, 0.15) is 29.1 Å². The van der Waals surface area contributed by atoms with E-state index >= 15 is 0 Å². The predicted octanol–water partition coefficient (Wildman–Crippen LogP) is 1.31. The van der Waals surface area contributed by atoms with Crippen molar-refractivity contribution in [3.05, 3.63) is 34.1 Å². The topological polar surface area (TPSA) is 105 Å². The summed E-state index contributed by atoms with van der Waals surface area (Å²) < 4.78 is 4.88. The van der Waals surface area contributed by atoms with E-state index in [-0.39, 0.29) is 18.7 Å². The number of carboxylic acids is 1. The first-order valence-corrected chi connectivity index (χ1v) is 6.79. The number of aromatic nitrogens is 2. The molecule has 20 heavy (non-hydrogen) atoms. The number of amides is 1. The van der Waals surface area contributed by atoms with Gasteiger partial charge in [-0.2, -0.15) is 4.98 Å². The van der Waals surface area contributed by atoms with Crippen LogP contribution in [0.3, 0.4) is 0 Å². The normalized spacial score (nSPS) is 12.1. The number of rotatable bonds is 6. The van der Waals surface area contributed by atoms with Gasteiger partial charge in [-0.3, -0.25) is 4.79 Å². The van der Waals surface area contributed by atoms with Crippen LogP contribution >= 0.6 is 11.3 Å². The summed E-state index contributed by atoms with van der Waals surface area (Å²) in [5.74, 6) is -0.598. The molecule has 0 aliphatic heterocycles.